The summed E-state index contributed by atoms with van der Waals surface area (Å²) in [6, 6.07) is 0. The molecular formula is C9H11F4IO3S. The van der Waals surface area contributed by atoms with Gasteiger partial charge in [0.2, 0.25) is 0 Å². The van der Waals surface area contributed by atoms with Crippen LogP contribution >= 0.6 is 22.6 Å². The van der Waals surface area contributed by atoms with E-state index >= 15 is 0 Å². The van der Waals surface area contributed by atoms with Crippen molar-refractivity contribution in [3.8, 4) is 0 Å². The molecule has 2 rings (SSSR count). The molecule has 0 aromatic rings. The van der Waals surface area contributed by atoms with Crippen LogP contribution in [0.2, 0.25) is 0 Å². The zero-order valence-corrected chi connectivity index (χ0v) is 12.0. The zero-order valence-electron chi connectivity index (χ0n) is 9.04. The number of alkyl halides is 5. The van der Waals surface area contributed by atoms with Crippen LogP contribution < -0.4 is 0 Å². The van der Waals surface area contributed by atoms with E-state index in [9.17, 15) is 26.0 Å². The van der Waals surface area contributed by atoms with Gasteiger partial charge in [-0.15, -0.1) is 0 Å². The molecule has 1 N–H and O–H groups in total. The van der Waals surface area contributed by atoms with Crippen LogP contribution in [0.3, 0.4) is 0 Å². The highest BCUT2D eigenvalue weighted by molar-refractivity contribution is 14.1. The molecule has 0 spiro atoms. The Bertz CT molecular complexity index is 466. The van der Waals surface area contributed by atoms with E-state index in [1.165, 1.54) is 0 Å². The van der Waals surface area contributed by atoms with Crippen molar-refractivity contribution in [2.45, 2.75) is 40.3 Å². The predicted molar refractivity (Wildman–Crippen MR) is 63.6 cm³/mol. The van der Waals surface area contributed by atoms with Crippen LogP contribution in [0.4, 0.5) is 17.6 Å². The molecule has 2 aliphatic carbocycles. The molecule has 0 heterocycles. The normalized spacial score (nSPS) is 37.2. The minimum Gasteiger partial charge on any atom is -0.281 e. The molecule has 2 fully saturated rings. The maximum atomic E-state index is 13.8. The van der Waals surface area contributed by atoms with Crippen molar-refractivity contribution in [2.24, 2.45) is 11.8 Å². The summed E-state index contributed by atoms with van der Waals surface area (Å²) < 4.78 is 82.5. The number of rotatable bonds is 3. The third-order valence-electron chi connectivity index (χ3n) is 3.94. The largest absolute Gasteiger partial charge is 0.431 e. The molecule has 3 atom stereocenters. The van der Waals surface area contributed by atoms with Crippen molar-refractivity contribution < 1.29 is 30.5 Å². The summed E-state index contributed by atoms with van der Waals surface area (Å²) in [7, 11) is -6.13. The van der Waals surface area contributed by atoms with Gasteiger partial charge in [-0.05, 0) is 31.6 Å². The van der Waals surface area contributed by atoms with Gasteiger partial charge in [0.25, 0.3) is 0 Å². The minimum atomic E-state index is -6.13. The second-order valence-corrected chi connectivity index (χ2v) is 8.66. The van der Waals surface area contributed by atoms with E-state index in [-0.39, 0.29) is 12.3 Å². The summed E-state index contributed by atoms with van der Waals surface area (Å²) in [4.78, 5) is 0. The fourth-order valence-electron chi connectivity index (χ4n) is 3.04. The molecule has 0 aromatic carbocycles. The lowest BCUT2D eigenvalue weighted by Gasteiger charge is -2.38. The molecule has 0 radical (unpaired) electrons. The summed E-state index contributed by atoms with van der Waals surface area (Å²) in [5, 5.41) is -5.44. The van der Waals surface area contributed by atoms with Crippen molar-refractivity contribution in [1.29, 1.82) is 0 Å². The average molecular weight is 402 g/mol. The van der Waals surface area contributed by atoms with Crippen LogP contribution in [0.5, 0.6) is 0 Å². The van der Waals surface area contributed by atoms with E-state index in [4.69, 9.17) is 4.55 Å². The molecule has 0 aliphatic heterocycles. The lowest BCUT2D eigenvalue weighted by Crippen LogP contribution is -2.55. The molecule has 3 nitrogen and oxygen atoms in total. The van der Waals surface area contributed by atoms with E-state index in [1.807, 2.05) is 0 Å². The van der Waals surface area contributed by atoms with Crippen LogP contribution in [0.25, 0.3) is 0 Å². The topological polar surface area (TPSA) is 54.4 Å². The summed E-state index contributed by atoms with van der Waals surface area (Å²) in [6.07, 6.45) is 1.35. The van der Waals surface area contributed by atoms with E-state index in [0.717, 1.165) is 0 Å². The Morgan fingerprint density at radius 3 is 2.17 bits per heavy atom. The van der Waals surface area contributed by atoms with Crippen molar-refractivity contribution in [1.82, 2.24) is 0 Å². The molecule has 2 bridgehead atoms. The first-order chi connectivity index (χ1) is 7.92. The molecular weight excluding hydrogens is 391 g/mol. The molecule has 106 valence electrons. The van der Waals surface area contributed by atoms with Gasteiger partial charge in [-0.2, -0.15) is 26.0 Å². The number of halogens is 5. The number of hydrogen-bond donors (Lipinski definition) is 1. The lowest BCUT2D eigenvalue weighted by atomic mass is 9.84. The first kappa shape index (κ1) is 14.8. The highest BCUT2D eigenvalue weighted by Gasteiger charge is 2.74. The Hall–Kier alpha value is 0.360. The zero-order chi connectivity index (χ0) is 14.0. The monoisotopic (exact) mass is 402 g/mol. The van der Waals surface area contributed by atoms with Crippen LogP contribution in [0, 0.1) is 11.8 Å². The Balaban J connectivity index is 2.39. The quantitative estimate of drug-likeness (QED) is 0.342. The number of fused-ring (bicyclic) bond motifs is 2. The van der Waals surface area contributed by atoms with Crippen LogP contribution in [-0.2, 0) is 10.1 Å². The van der Waals surface area contributed by atoms with E-state index < -0.39 is 30.6 Å². The molecule has 18 heavy (non-hydrogen) atoms. The minimum absolute atomic E-state index is 0.0602. The lowest BCUT2D eigenvalue weighted by molar-refractivity contribution is -0.198. The summed E-state index contributed by atoms with van der Waals surface area (Å²) in [6.45, 7) is 0. The van der Waals surface area contributed by atoms with Gasteiger partial charge in [-0.3, -0.25) is 4.55 Å². The smallest absolute Gasteiger partial charge is 0.281 e. The third kappa shape index (κ3) is 1.88. The second-order valence-electron chi connectivity index (χ2n) is 5.05. The van der Waals surface area contributed by atoms with Crippen molar-refractivity contribution in [2.75, 3.05) is 0 Å². The van der Waals surface area contributed by atoms with Gasteiger partial charge < -0.3 is 0 Å². The second kappa shape index (κ2) is 3.94. The standard InChI is InChI=1S/C9H11F4IO3S/c10-8(11,9(12,13)18(15,16)17)6-3-5-1-2-7(6,14)4-5/h5-6H,1-4H2,(H,15,16,17). The molecule has 0 saturated heterocycles. The van der Waals surface area contributed by atoms with Gasteiger partial charge in [0.1, 0.15) is 0 Å². The fourth-order valence-corrected chi connectivity index (χ4v) is 5.10. The van der Waals surface area contributed by atoms with Gasteiger partial charge in [0.05, 0.1) is 0 Å². The van der Waals surface area contributed by atoms with Crippen molar-refractivity contribution >= 4 is 32.7 Å². The van der Waals surface area contributed by atoms with Gasteiger partial charge in [-0.25, -0.2) is 0 Å². The van der Waals surface area contributed by atoms with Gasteiger partial charge in [-0.1, -0.05) is 22.6 Å². The van der Waals surface area contributed by atoms with Crippen molar-refractivity contribution in [3.63, 3.8) is 0 Å². The Morgan fingerprint density at radius 2 is 1.83 bits per heavy atom. The Morgan fingerprint density at radius 1 is 1.28 bits per heavy atom. The predicted octanol–water partition coefficient (Wildman–Crippen LogP) is 3.10. The third-order valence-corrected chi connectivity index (χ3v) is 6.59. The van der Waals surface area contributed by atoms with E-state index in [0.29, 0.717) is 19.3 Å². The summed E-state index contributed by atoms with van der Waals surface area (Å²) >= 11 is 1.74. The summed E-state index contributed by atoms with van der Waals surface area (Å²) in [5.74, 6) is -6.53. The van der Waals surface area contributed by atoms with E-state index in [2.05, 4.69) is 0 Å². The van der Waals surface area contributed by atoms with Crippen LogP contribution in [0.15, 0.2) is 0 Å². The van der Waals surface area contributed by atoms with Crippen molar-refractivity contribution in [3.05, 3.63) is 0 Å². The number of hydrogen-bond acceptors (Lipinski definition) is 2. The Labute approximate surface area is 115 Å². The first-order valence-corrected chi connectivity index (χ1v) is 7.85. The Kier molecular flexibility index (Phi) is 3.23. The molecule has 3 unspecified atom stereocenters. The van der Waals surface area contributed by atoms with Gasteiger partial charge in [0, 0.05) is 9.34 Å². The highest BCUT2D eigenvalue weighted by atomic mass is 127. The maximum absolute atomic E-state index is 13.8. The average Bonchev–Trinajstić information content (AvgIpc) is 2.70. The maximum Gasteiger partial charge on any atom is 0.431 e. The van der Waals surface area contributed by atoms with E-state index in [1.54, 1.807) is 22.6 Å². The molecule has 0 amide bonds. The summed E-state index contributed by atoms with van der Waals surface area (Å²) in [5.41, 5.74) is 0. The van der Waals surface area contributed by atoms with Gasteiger partial charge >= 0.3 is 21.3 Å². The molecule has 0 aromatic heterocycles. The SMILES string of the molecule is O=S(=O)(O)C(F)(F)C(F)(F)C1CC2CCC1(I)C2. The highest BCUT2D eigenvalue weighted by Crippen LogP contribution is 2.63. The van der Waals surface area contributed by atoms with Crippen LogP contribution in [-0.4, -0.2) is 27.6 Å². The molecule has 2 aliphatic rings. The van der Waals surface area contributed by atoms with Crippen LogP contribution in [0.1, 0.15) is 25.7 Å². The first-order valence-electron chi connectivity index (χ1n) is 5.33. The molecule has 2 saturated carbocycles. The van der Waals surface area contributed by atoms with Gasteiger partial charge in [0.15, 0.2) is 0 Å². The molecule has 9 heteroatoms. The fraction of sp³-hybridized carbons (Fsp3) is 1.00.